The Hall–Kier alpha value is -1.64. The minimum Gasteiger partial charge on any atom is -0.448 e. The number of hydrogen-bond donors (Lipinski definition) is 1. The topological polar surface area (TPSA) is 76.5 Å². The van der Waals surface area contributed by atoms with E-state index in [1.165, 1.54) is 4.88 Å². The zero-order chi connectivity index (χ0) is 15.1. The van der Waals surface area contributed by atoms with E-state index in [-0.39, 0.29) is 24.1 Å². The number of cyclic esters (lactones) is 1. The molecular weight excluding hydrogens is 340 g/mol. The van der Waals surface area contributed by atoms with Crippen molar-refractivity contribution in [1.82, 2.24) is 19.8 Å². The highest BCUT2D eigenvalue weighted by molar-refractivity contribution is 7.18. The molecule has 0 atom stereocenters. The van der Waals surface area contributed by atoms with E-state index in [4.69, 9.17) is 4.74 Å². The lowest BCUT2D eigenvalue weighted by atomic mass is 10.1. The number of carbonyl (C=O) groups is 1. The molecule has 0 aromatic carbocycles. The number of carbonyl (C=O) groups excluding carboxylic acids is 1. The van der Waals surface area contributed by atoms with Crippen LogP contribution in [0.4, 0.5) is 4.79 Å². The maximum Gasteiger partial charge on any atom is 0.410 e. The molecule has 0 aliphatic carbocycles. The smallest absolute Gasteiger partial charge is 0.410 e. The summed E-state index contributed by atoms with van der Waals surface area (Å²) in [5.41, 5.74) is 1.14. The third kappa shape index (κ3) is 2.82. The molecule has 1 saturated heterocycles. The van der Waals surface area contributed by atoms with Gasteiger partial charge in [0.05, 0.1) is 18.3 Å². The third-order valence-corrected chi connectivity index (χ3v) is 5.29. The average molecular weight is 357 g/mol. The Morgan fingerprint density at radius 1 is 1.35 bits per heavy atom. The van der Waals surface area contributed by atoms with Crippen molar-refractivity contribution in [2.75, 3.05) is 26.2 Å². The molecule has 0 bridgehead atoms. The van der Waals surface area contributed by atoms with E-state index in [1.54, 1.807) is 27.1 Å². The van der Waals surface area contributed by atoms with Crippen LogP contribution in [0.1, 0.15) is 10.4 Å². The molecular formula is C14H17ClN4O3S. The molecule has 0 radical (unpaired) electrons. The van der Waals surface area contributed by atoms with E-state index in [1.807, 2.05) is 0 Å². The predicted molar refractivity (Wildman–Crippen MR) is 89.5 cm³/mol. The second-order valence-electron chi connectivity index (χ2n) is 5.46. The fourth-order valence-corrected chi connectivity index (χ4v) is 4.11. The minimum absolute atomic E-state index is 0. The number of nitrogens with zero attached hydrogens (tertiary/aromatic N) is 3. The monoisotopic (exact) mass is 356 g/mol. The zero-order valence-electron chi connectivity index (χ0n) is 12.4. The standard InChI is InChI=1S/C14H16N4O3S.ClH/c19-13-11-9-1-2-15-7-10(9)22-12(11)16-8-18(13)4-3-17-5-6-21-14(17)20;/h8,15H,1-7H2;1H. The molecule has 2 aliphatic rings. The van der Waals surface area contributed by atoms with Gasteiger partial charge in [0, 0.05) is 24.5 Å². The van der Waals surface area contributed by atoms with Crippen LogP contribution in [0.15, 0.2) is 11.1 Å². The van der Waals surface area contributed by atoms with Crippen LogP contribution in [-0.4, -0.2) is 46.8 Å². The summed E-state index contributed by atoms with van der Waals surface area (Å²) in [6.45, 7) is 3.64. The van der Waals surface area contributed by atoms with E-state index >= 15 is 0 Å². The number of aromatic nitrogens is 2. The normalized spacial score (nSPS) is 17.0. The summed E-state index contributed by atoms with van der Waals surface area (Å²) < 4.78 is 6.50. The van der Waals surface area contributed by atoms with Crippen LogP contribution in [0.2, 0.25) is 0 Å². The highest BCUT2D eigenvalue weighted by Crippen LogP contribution is 2.29. The summed E-state index contributed by atoms with van der Waals surface area (Å²) in [7, 11) is 0. The number of thiophene rings is 1. The van der Waals surface area contributed by atoms with E-state index < -0.39 is 0 Å². The van der Waals surface area contributed by atoms with Crippen LogP contribution in [-0.2, 0) is 24.2 Å². The van der Waals surface area contributed by atoms with E-state index in [0.717, 1.165) is 35.3 Å². The molecule has 23 heavy (non-hydrogen) atoms. The van der Waals surface area contributed by atoms with Crippen molar-refractivity contribution in [2.45, 2.75) is 19.5 Å². The molecule has 1 fully saturated rings. The Morgan fingerprint density at radius 2 is 2.22 bits per heavy atom. The summed E-state index contributed by atoms with van der Waals surface area (Å²) in [5.74, 6) is 0. The van der Waals surface area contributed by atoms with Crippen LogP contribution in [0.3, 0.4) is 0 Å². The second-order valence-corrected chi connectivity index (χ2v) is 6.54. The summed E-state index contributed by atoms with van der Waals surface area (Å²) in [5, 5.41) is 4.08. The van der Waals surface area contributed by atoms with Gasteiger partial charge in [-0.15, -0.1) is 23.7 Å². The summed E-state index contributed by atoms with van der Waals surface area (Å²) >= 11 is 1.59. The molecule has 4 heterocycles. The van der Waals surface area contributed by atoms with Gasteiger partial charge in [-0.1, -0.05) is 0 Å². The van der Waals surface area contributed by atoms with Gasteiger partial charge in [-0.2, -0.15) is 0 Å². The molecule has 7 nitrogen and oxygen atoms in total. The van der Waals surface area contributed by atoms with Gasteiger partial charge in [0.25, 0.3) is 5.56 Å². The molecule has 9 heteroatoms. The lowest BCUT2D eigenvalue weighted by Gasteiger charge is -2.14. The molecule has 2 aromatic heterocycles. The molecule has 0 spiro atoms. The number of rotatable bonds is 3. The first kappa shape index (κ1) is 16.2. The van der Waals surface area contributed by atoms with Crippen molar-refractivity contribution in [3.8, 4) is 0 Å². The Kier molecular flexibility index (Phi) is 4.56. The number of halogens is 1. The fraction of sp³-hybridized carbons (Fsp3) is 0.500. The van der Waals surface area contributed by atoms with Gasteiger partial charge in [0.2, 0.25) is 0 Å². The van der Waals surface area contributed by atoms with Gasteiger partial charge in [-0.05, 0) is 18.5 Å². The lowest BCUT2D eigenvalue weighted by molar-refractivity contribution is 0.157. The Bertz CT molecular complexity index is 803. The molecule has 4 rings (SSSR count). The molecule has 1 amide bonds. The Balaban J connectivity index is 0.00000156. The first-order chi connectivity index (χ1) is 10.7. The summed E-state index contributed by atoms with van der Waals surface area (Å²) in [4.78, 5) is 32.2. The van der Waals surface area contributed by atoms with Gasteiger partial charge in [-0.3, -0.25) is 9.36 Å². The number of hydrogen-bond acceptors (Lipinski definition) is 6. The highest BCUT2D eigenvalue weighted by Gasteiger charge is 2.23. The van der Waals surface area contributed by atoms with Crippen molar-refractivity contribution in [2.24, 2.45) is 0 Å². The fourth-order valence-electron chi connectivity index (χ4n) is 2.97. The average Bonchev–Trinajstić information content (AvgIpc) is 3.10. The maximum atomic E-state index is 12.7. The molecule has 0 unspecified atom stereocenters. The first-order valence-electron chi connectivity index (χ1n) is 7.36. The number of fused-ring (bicyclic) bond motifs is 3. The minimum atomic E-state index is -0.305. The Labute approximate surface area is 142 Å². The lowest BCUT2D eigenvalue weighted by Crippen LogP contribution is -2.32. The van der Waals surface area contributed by atoms with Crippen molar-refractivity contribution in [3.05, 3.63) is 27.1 Å². The maximum absolute atomic E-state index is 12.7. The number of amides is 1. The molecule has 0 saturated carbocycles. The first-order valence-corrected chi connectivity index (χ1v) is 8.18. The quantitative estimate of drug-likeness (QED) is 0.887. The highest BCUT2D eigenvalue weighted by atomic mass is 35.5. The molecule has 124 valence electrons. The Morgan fingerprint density at radius 3 is 3.00 bits per heavy atom. The van der Waals surface area contributed by atoms with Crippen molar-refractivity contribution in [3.63, 3.8) is 0 Å². The van der Waals surface area contributed by atoms with Crippen molar-refractivity contribution < 1.29 is 9.53 Å². The van der Waals surface area contributed by atoms with Gasteiger partial charge in [0.1, 0.15) is 11.4 Å². The zero-order valence-corrected chi connectivity index (χ0v) is 14.0. The van der Waals surface area contributed by atoms with Gasteiger partial charge < -0.3 is 15.0 Å². The third-order valence-electron chi connectivity index (χ3n) is 4.15. The molecule has 2 aromatic rings. The van der Waals surface area contributed by atoms with Gasteiger partial charge in [-0.25, -0.2) is 9.78 Å². The van der Waals surface area contributed by atoms with Gasteiger partial charge >= 0.3 is 6.09 Å². The van der Waals surface area contributed by atoms with Crippen molar-refractivity contribution in [1.29, 1.82) is 0 Å². The number of nitrogens with one attached hydrogen (secondary N) is 1. The van der Waals surface area contributed by atoms with Crippen LogP contribution in [0, 0.1) is 0 Å². The number of ether oxygens (including phenoxy) is 1. The largest absolute Gasteiger partial charge is 0.448 e. The van der Waals surface area contributed by atoms with E-state index in [9.17, 15) is 9.59 Å². The van der Waals surface area contributed by atoms with Crippen LogP contribution < -0.4 is 10.9 Å². The predicted octanol–water partition coefficient (Wildman–Crippen LogP) is 0.978. The van der Waals surface area contributed by atoms with Crippen LogP contribution >= 0.6 is 23.7 Å². The van der Waals surface area contributed by atoms with E-state index in [2.05, 4.69) is 10.3 Å². The van der Waals surface area contributed by atoms with E-state index in [0.29, 0.717) is 26.2 Å². The molecule has 2 aliphatic heterocycles. The summed E-state index contributed by atoms with van der Waals surface area (Å²) in [6, 6.07) is 0. The van der Waals surface area contributed by atoms with Crippen LogP contribution in [0.25, 0.3) is 10.2 Å². The van der Waals surface area contributed by atoms with Crippen LogP contribution in [0.5, 0.6) is 0 Å². The second kappa shape index (κ2) is 6.46. The molecule has 1 N–H and O–H groups in total. The summed E-state index contributed by atoms with van der Waals surface area (Å²) in [6.07, 6.45) is 2.15. The van der Waals surface area contributed by atoms with Crippen molar-refractivity contribution >= 4 is 40.1 Å². The van der Waals surface area contributed by atoms with Gasteiger partial charge in [0.15, 0.2) is 0 Å². The SMILES string of the molecule is Cl.O=C1OCCN1CCn1cnc2sc3c(c2c1=O)CCNC3.